The van der Waals surface area contributed by atoms with Crippen molar-refractivity contribution in [3.05, 3.63) is 0 Å². The fourth-order valence-electron chi connectivity index (χ4n) is 1.49. The van der Waals surface area contributed by atoms with E-state index in [2.05, 4.69) is 68.3 Å². The zero-order valence-corrected chi connectivity index (χ0v) is 21.3. The first-order valence-corrected chi connectivity index (χ1v) is 15.4. The Labute approximate surface area is 187 Å². The molecule has 2 unspecified atom stereocenters. The predicted octanol–water partition coefficient (Wildman–Crippen LogP) is 5.46. The molecule has 0 aromatic heterocycles. The van der Waals surface area contributed by atoms with Gasteiger partial charge < -0.3 is 0 Å². The van der Waals surface area contributed by atoms with E-state index >= 15 is 0 Å². The van der Waals surface area contributed by atoms with Gasteiger partial charge in [-0.05, 0) is 18.4 Å². The molecule has 0 rings (SSSR count). The van der Waals surface area contributed by atoms with Crippen molar-refractivity contribution in [3.8, 4) is 0 Å². The lowest BCUT2D eigenvalue weighted by atomic mass is 10.5. The summed E-state index contributed by atoms with van der Waals surface area (Å²) in [6.45, 7) is 2.21. The summed E-state index contributed by atoms with van der Waals surface area (Å²) in [5.74, 6) is 12.4. The van der Waals surface area contributed by atoms with Gasteiger partial charge in [-0.3, -0.25) is 0 Å². The van der Waals surface area contributed by atoms with Crippen LogP contribution in [0.2, 0.25) is 0 Å². The molecule has 0 nitrogen and oxygen atoms in total. The fourth-order valence-corrected chi connectivity index (χ4v) is 8.74. The molecule has 0 heterocycles. The second kappa shape index (κ2) is 18.5. The van der Waals surface area contributed by atoms with Gasteiger partial charge in [0.05, 0.1) is 4.08 Å². The van der Waals surface area contributed by atoms with Crippen molar-refractivity contribution in [2.75, 3.05) is 63.3 Å². The van der Waals surface area contributed by atoms with Gasteiger partial charge in [0.25, 0.3) is 0 Å². The average molecular weight is 487 g/mol. The summed E-state index contributed by atoms with van der Waals surface area (Å²) in [5.41, 5.74) is 0. The van der Waals surface area contributed by atoms with Crippen LogP contribution in [0.4, 0.5) is 0 Å². The molecule has 2 atom stereocenters. The second-order valence-corrected chi connectivity index (χ2v) is 13.9. The molecule has 0 bridgehead atoms. The van der Waals surface area contributed by atoms with E-state index in [0.29, 0.717) is 5.25 Å². The van der Waals surface area contributed by atoms with E-state index in [9.17, 15) is 0 Å². The molecule has 0 aromatic rings. The normalized spacial score (nSPS) is 15.5. The third kappa shape index (κ3) is 18.3. The van der Waals surface area contributed by atoms with Crippen LogP contribution in [0, 0.1) is 0 Å². The van der Waals surface area contributed by atoms with Gasteiger partial charge >= 0.3 is 0 Å². The molecule has 0 aromatic carbocycles. The molecule has 0 saturated carbocycles. The van der Waals surface area contributed by atoms with Crippen LogP contribution in [0.5, 0.6) is 0 Å². The zero-order valence-electron chi connectivity index (χ0n) is 13.7. The second-order valence-electron chi connectivity index (χ2n) is 4.89. The number of rotatable bonds is 17. The first-order chi connectivity index (χ1) is 11.1. The molecular formula is C14H30S9. The SMILES string of the molecule is CC(S)(CSCCSCCSCC(CS)SCCS)SCCS. The predicted molar refractivity (Wildman–Crippen MR) is 140 cm³/mol. The highest BCUT2D eigenvalue weighted by atomic mass is 32.2. The maximum atomic E-state index is 4.73. The molecule has 0 aliphatic heterocycles. The highest BCUT2D eigenvalue weighted by Gasteiger charge is 2.18. The molecule has 0 radical (unpaired) electrons. The largest absolute Gasteiger partial charge is 0.179 e. The van der Waals surface area contributed by atoms with E-state index < -0.39 is 0 Å². The maximum Gasteiger partial charge on any atom is 0.0643 e. The topological polar surface area (TPSA) is 0 Å². The molecule has 0 N–H and O–H groups in total. The molecule has 23 heavy (non-hydrogen) atoms. The Bertz CT molecular complexity index is 250. The molecule has 0 spiro atoms. The smallest absolute Gasteiger partial charge is 0.0643 e. The van der Waals surface area contributed by atoms with Crippen molar-refractivity contribution in [1.29, 1.82) is 0 Å². The van der Waals surface area contributed by atoms with Crippen LogP contribution in [0.15, 0.2) is 0 Å². The summed E-state index contributed by atoms with van der Waals surface area (Å²) < 4.78 is 0.0838. The molecule has 0 aliphatic carbocycles. The van der Waals surface area contributed by atoms with Crippen molar-refractivity contribution >= 4 is 109 Å². The van der Waals surface area contributed by atoms with Gasteiger partial charge in [0.1, 0.15) is 0 Å². The number of thioether (sulfide) groups is 5. The van der Waals surface area contributed by atoms with Crippen LogP contribution in [-0.4, -0.2) is 72.6 Å². The maximum absolute atomic E-state index is 4.73. The van der Waals surface area contributed by atoms with Crippen molar-refractivity contribution in [3.63, 3.8) is 0 Å². The Kier molecular flexibility index (Phi) is 21.0. The van der Waals surface area contributed by atoms with Gasteiger partial charge in [-0.1, -0.05) is 0 Å². The Hall–Kier alpha value is 3.15. The molecule has 0 amide bonds. The average Bonchev–Trinajstić information content (AvgIpc) is 2.54. The first kappa shape index (κ1) is 26.1. The third-order valence-corrected chi connectivity index (χ3v) is 11.8. The van der Waals surface area contributed by atoms with Crippen LogP contribution in [0.3, 0.4) is 0 Å². The van der Waals surface area contributed by atoms with Gasteiger partial charge in [-0.15, -0.1) is 11.8 Å². The quantitative estimate of drug-likeness (QED) is 0.122. The van der Waals surface area contributed by atoms with Crippen molar-refractivity contribution in [2.45, 2.75) is 16.3 Å². The molecular weight excluding hydrogens is 457 g/mol. The highest BCUT2D eigenvalue weighted by molar-refractivity contribution is 8.13. The monoisotopic (exact) mass is 486 g/mol. The van der Waals surface area contributed by atoms with E-state index in [1.54, 1.807) is 0 Å². The van der Waals surface area contributed by atoms with Gasteiger partial charge in [0.15, 0.2) is 0 Å². The standard InChI is InChI=1S/C14H30S9/c1-14(18,23-5-3-16)12-21-9-7-19-6-8-20-11-13(10-17)22-4-2-15/h13,15-18H,2-12H2,1H3. The van der Waals surface area contributed by atoms with E-state index in [-0.39, 0.29) is 4.08 Å². The summed E-state index contributed by atoms with van der Waals surface area (Å²) in [4.78, 5) is 0. The van der Waals surface area contributed by atoms with Gasteiger partial charge in [-0.2, -0.15) is 97.6 Å². The van der Waals surface area contributed by atoms with E-state index in [1.807, 2.05) is 35.3 Å². The lowest BCUT2D eigenvalue weighted by Crippen LogP contribution is -2.16. The van der Waals surface area contributed by atoms with Crippen LogP contribution in [0.25, 0.3) is 0 Å². The highest BCUT2D eigenvalue weighted by Crippen LogP contribution is 2.32. The summed E-state index contributed by atoms with van der Waals surface area (Å²) in [5, 5.41) is 0.679. The number of hydrogen-bond donors (Lipinski definition) is 4. The van der Waals surface area contributed by atoms with Crippen molar-refractivity contribution in [1.82, 2.24) is 0 Å². The summed E-state index contributed by atoms with van der Waals surface area (Å²) in [6.07, 6.45) is 0. The van der Waals surface area contributed by atoms with Crippen molar-refractivity contribution < 1.29 is 0 Å². The van der Waals surface area contributed by atoms with Crippen LogP contribution in [-0.2, 0) is 0 Å². The Morgan fingerprint density at radius 1 is 0.826 bits per heavy atom. The number of hydrogen-bond acceptors (Lipinski definition) is 9. The lowest BCUT2D eigenvalue weighted by molar-refractivity contribution is 1.05. The van der Waals surface area contributed by atoms with Crippen LogP contribution >= 0.6 is 109 Å². The Morgan fingerprint density at radius 3 is 2.04 bits per heavy atom. The van der Waals surface area contributed by atoms with E-state index in [1.165, 1.54) is 28.8 Å². The summed E-state index contributed by atoms with van der Waals surface area (Å²) >= 11 is 27.8. The number of thiol groups is 4. The van der Waals surface area contributed by atoms with Crippen LogP contribution < -0.4 is 0 Å². The van der Waals surface area contributed by atoms with Crippen LogP contribution in [0.1, 0.15) is 6.92 Å². The lowest BCUT2D eigenvalue weighted by Gasteiger charge is -2.22. The minimum Gasteiger partial charge on any atom is -0.179 e. The first-order valence-electron chi connectivity index (χ1n) is 7.59. The van der Waals surface area contributed by atoms with Gasteiger partial charge in [0, 0.05) is 57.0 Å². The zero-order chi connectivity index (χ0) is 17.4. The van der Waals surface area contributed by atoms with E-state index in [0.717, 1.165) is 34.5 Å². The molecule has 9 heteroatoms. The molecule has 0 aliphatic rings. The summed E-state index contributed by atoms with van der Waals surface area (Å²) in [7, 11) is 0. The summed E-state index contributed by atoms with van der Waals surface area (Å²) in [6, 6.07) is 0. The molecule has 0 fully saturated rings. The minimum absolute atomic E-state index is 0.0838. The third-order valence-electron chi connectivity index (χ3n) is 2.57. The van der Waals surface area contributed by atoms with Gasteiger partial charge in [0.2, 0.25) is 0 Å². The minimum atomic E-state index is 0.0838. The Morgan fingerprint density at radius 2 is 1.43 bits per heavy atom. The molecule has 140 valence electrons. The Balaban J connectivity index is 3.39. The van der Waals surface area contributed by atoms with E-state index in [4.69, 9.17) is 12.6 Å². The van der Waals surface area contributed by atoms with Gasteiger partial charge in [-0.25, -0.2) is 0 Å². The molecule has 0 saturated heterocycles. The van der Waals surface area contributed by atoms with Crippen molar-refractivity contribution in [2.24, 2.45) is 0 Å². The fraction of sp³-hybridized carbons (Fsp3) is 1.00.